The molecule has 1 unspecified atom stereocenters. The third-order valence-electron chi connectivity index (χ3n) is 9.31. The van der Waals surface area contributed by atoms with Gasteiger partial charge < -0.3 is 20.1 Å². The Balaban J connectivity index is 1.45. The molecule has 2 amide bonds. The minimum absolute atomic E-state index is 0.00503. The van der Waals surface area contributed by atoms with Crippen LogP contribution in [0, 0.1) is 11.6 Å². The summed E-state index contributed by atoms with van der Waals surface area (Å²) in [5, 5.41) is 19.8. The molecule has 0 spiro atoms. The van der Waals surface area contributed by atoms with Gasteiger partial charge in [0.25, 0.3) is 0 Å². The molecule has 4 heterocycles. The van der Waals surface area contributed by atoms with Crippen LogP contribution in [0.15, 0.2) is 66.6 Å². The maximum absolute atomic E-state index is 16.0. The Morgan fingerprint density at radius 2 is 1.90 bits per heavy atom. The number of aromatic nitrogens is 3. The Hall–Kier alpha value is -4.94. The standard InChI is InChI=1S/C36H33F2N5O4S/c1-4-29(45)42-12-13-43-27(20(42)2)19-26(41-43)33-31(30-25(38)17-23(37)18-28(30)47-15-14-44)34-24(9-16-48-34)32(40-33)21-5-7-22(8-6-21)36(10-11-36)35(46)39-3/h4-9,16-20,44H,1,10-15H2,2-3H3,(H,39,46). The minimum Gasteiger partial charge on any atom is -0.490 e. The van der Waals surface area contributed by atoms with Crippen molar-refractivity contribution in [1.29, 1.82) is 0 Å². The van der Waals surface area contributed by atoms with E-state index in [2.05, 4.69) is 11.9 Å². The number of pyridine rings is 1. The molecule has 0 radical (unpaired) electrons. The first-order chi connectivity index (χ1) is 23.2. The van der Waals surface area contributed by atoms with E-state index < -0.39 is 17.0 Å². The summed E-state index contributed by atoms with van der Waals surface area (Å²) in [7, 11) is 1.64. The predicted molar refractivity (Wildman–Crippen MR) is 180 cm³/mol. The highest BCUT2D eigenvalue weighted by Crippen LogP contribution is 2.50. The van der Waals surface area contributed by atoms with E-state index >= 15 is 4.39 Å². The maximum Gasteiger partial charge on any atom is 0.246 e. The molecule has 9 nitrogen and oxygen atoms in total. The van der Waals surface area contributed by atoms with Gasteiger partial charge in [-0.15, -0.1) is 11.3 Å². The van der Waals surface area contributed by atoms with Crippen molar-refractivity contribution >= 4 is 33.2 Å². The topological polar surface area (TPSA) is 110 Å². The second-order valence-corrected chi connectivity index (χ2v) is 12.9. The number of aliphatic hydroxyl groups excluding tert-OH is 1. The molecular formula is C36H33F2N5O4S. The fourth-order valence-electron chi connectivity index (χ4n) is 6.72. The summed E-state index contributed by atoms with van der Waals surface area (Å²) < 4.78 is 38.8. The van der Waals surface area contributed by atoms with Crippen LogP contribution in [0.2, 0.25) is 0 Å². The van der Waals surface area contributed by atoms with Crippen LogP contribution in [0.5, 0.6) is 5.75 Å². The van der Waals surface area contributed by atoms with Gasteiger partial charge in [-0.05, 0) is 48.9 Å². The zero-order valence-corrected chi connectivity index (χ0v) is 27.2. The lowest BCUT2D eigenvalue weighted by Crippen LogP contribution is -2.40. The number of nitrogens with one attached hydrogen (secondary N) is 1. The molecule has 1 aliphatic carbocycles. The number of rotatable bonds is 9. The van der Waals surface area contributed by atoms with Crippen LogP contribution in [0.1, 0.15) is 37.1 Å². The first-order valence-electron chi connectivity index (χ1n) is 15.7. The number of carbonyl (C=O) groups excluding carboxylic acids is 2. The van der Waals surface area contributed by atoms with E-state index in [1.54, 1.807) is 11.9 Å². The number of fused-ring (bicyclic) bond motifs is 2. The number of halogens is 2. The fraction of sp³-hybridized carbons (Fsp3) is 0.278. The van der Waals surface area contributed by atoms with Crippen molar-refractivity contribution < 1.29 is 28.2 Å². The van der Waals surface area contributed by atoms with Crippen molar-refractivity contribution in [3.8, 4) is 39.5 Å². The van der Waals surface area contributed by atoms with Gasteiger partial charge in [0.15, 0.2) is 0 Å². The van der Waals surface area contributed by atoms with Crippen LogP contribution in [-0.4, -0.2) is 63.4 Å². The summed E-state index contributed by atoms with van der Waals surface area (Å²) in [5.74, 6) is -1.93. The first kappa shape index (κ1) is 31.6. The van der Waals surface area contributed by atoms with Gasteiger partial charge in [0.2, 0.25) is 11.8 Å². The van der Waals surface area contributed by atoms with Crippen LogP contribution in [-0.2, 0) is 21.5 Å². The molecule has 1 fully saturated rings. The molecule has 5 aromatic rings. The molecule has 1 atom stereocenters. The third kappa shape index (κ3) is 5.15. The smallest absolute Gasteiger partial charge is 0.246 e. The monoisotopic (exact) mass is 669 g/mol. The van der Waals surface area contributed by atoms with Crippen molar-refractivity contribution in [1.82, 2.24) is 25.0 Å². The van der Waals surface area contributed by atoms with E-state index in [0.717, 1.165) is 47.2 Å². The lowest BCUT2D eigenvalue weighted by molar-refractivity contribution is -0.129. The maximum atomic E-state index is 16.0. The van der Waals surface area contributed by atoms with E-state index in [1.807, 2.05) is 53.4 Å². The predicted octanol–water partition coefficient (Wildman–Crippen LogP) is 6.01. The van der Waals surface area contributed by atoms with E-state index in [4.69, 9.17) is 14.8 Å². The fourth-order valence-corrected chi connectivity index (χ4v) is 7.67. The highest BCUT2D eigenvalue weighted by molar-refractivity contribution is 7.18. The SMILES string of the molecule is C=CC(=O)N1CCn2nc(-c3nc(-c4ccc(C5(C(=O)NC)CC5)cc4)c4ccsc4c3-c3c(F)cc(F)cc3OCCO)cc2C1C. The van der Waals surface area contributed by atoms with Gasteiger partial charge in [0, 0.05) is 46.9 Å². The van der Waals surface area contributed by atoms with Gasteiger partial charge in [0.05, 0.1) is 41.6 Å². The van der Waals surface area contributed by atoms with Gasteiger partial charge in [-0.25, -0.2) is 13.8 Å². The number of likely N-dealkylation sites (N-methyl/N-ethyl adjacent to an activating group) is 1. The Morgan fingerprint density at radius 1 is 1.12 bits per heavy atom. The number of hydrogen-bond acceptors (Lipinski definition) is 7. The second-order valence-electron chi connectivity index (χ2n) is 12.0. The second kappa shape index (κ2) is 12.3. The number of benzene rings is 2. The Morgan fingerprint density at radius 3 is 2.58 bits per heavy atom. The molecule has 2 N–H and O–H groups in total. The molecule has 0 saturated heterocycles. The van der Waals surface area contributed by atoms with Crippen LogP contribution >= 0.6 is 11.3 Å². The molecule has 0 bridgehead atoms. The average molecular weight is 670 g/mol. The van der Waals surface area contributed by atoms with Gasteiger partial charge in [-0.1, -0.05) is 30.8 Å². The lowest BCUT2D eigenvalue weighted by atomic mass is 9.92. The summed E-state index contributed by atoms with van der Waals surface area (Å²) in [4.78, 5) is 32.1. The molecule has 12 heteroatoms. The average Bonchev–Trinajstić information content (AvgIpc) is 3.54. The van der Waals surface area contributed by atoms with Gasteiger partial charge in [0.1, 0.15) is 35.4 Å². The van der Waals surface area contributed by atoms with E-state index in [1.165, 1.54) is 17.4 Å². The number of hydrogen-bond donors (Lipinski definition) is 2. The van der Waals surface area contributed by atoms with E-state index in [9.17, 15) is 19.1 Å². The van der Waals surface area contributed by atoms with Gasteiger partial charge in [-0.3, -0.25) is 14.3 Å². The van der Waals surface area contributed by atoms with Crippen molar-refractivity contribution in [2.75, 3.05) is 26.8 Å². The van der Waals surface area contributed by atoms with E-state index in [0.29, 0.717) is 40.4 Å². The van der Waals surface area contributed by atoms with Crippen molar-refractivity contribution in [3.05, 3.63) is 89.5 Å². The Kier molecular flexibility index (Phi) is 8.08. The number of amides is 2. The zero-order valence-electron chi connectivity index (χ0n) is 26.4. The molecule has 3 aromatic heterocycles. The molecular weight excluding hydrogens is 636 g/mol. The molecule has 7 rings (SSSR count). The number of thiophene rings is 1. The molecule has 2 aromatic carbocycles. The Labute approximate surface area is 279 Å². The first-order valence-corrected chi connectivity index (χ1v) is 16.6. The summed E-state index contributed by atoms with van der Waals surface area (Å²) in [5.41, 5.74) is 3.78. The van der Waals surface area contributed by atoms with Crippen LogP contribution < -0.4 is 10.1 Å². The van der Waals surface area contributed by atoms with Crippen molar-refractivity contribution in [2.24, 2.45) is 0 Å². The highest BCUT2D eigenvalue weighted by Gasteiger charge is 2.50. The normalized spacial score (nSPS) is 16.4. The summed E-state index contributed by atoms with van der Waals surface area (Å²) in [6, 6.07) is 13.1. The molecule has 246 valence electrons. The summed E-state index contributed by atoms with van der Waals surface area (Å²) >= 11 is 1.38. The lowest BCUT2D eigenvalue weighted by Gasteiger charge is -2.33. The quantitative estimate of drug-likeness (QED) is 0.186. The Bertz CT molecular complexity index is 2090. The molecule has 1 aliphatic heterocycles. The van der Waals surface area contributed by atoms with Crippen LogP contribution in [0.25, 0.3) is 43.9 Å². The van der Waals surface area contributed by atoms with Gasteiger partial charge >= 0.3 is 0 Å². The largest absolute Gasteiger partial charge is 0.490 e. The van der Waals surface area contributed by atoms with Crippen molar-refractivity contribution in [3.63, 3.8) is 0 Å². The summed E-state index contributed by atoms with van der Waals surface area (Å²) in [6.45, 7) is 5.90. The molecule has 48 heavy (non-hydrogen) atoms. The summed E-state index contributed by atoms with van der Waals surface area (Å²) in [6.07, 6.45) is 2.85. The van der Waals surface area contributed by atoms with Crippen LogP contribution in [0.4, 0.5) is 8.78 Å². The molecule has 2 aliphatic rings. The zero-order chi connectivity index (χ0) is 33.7. The van der Waals surface area contributed by atoms with Crippen LogP contribution in [0.3, 0.4) is 0 Å². The van der Waals surface area contributed by atoms with Crippen molar-refractivity contribution in [2.45, 2.75) is 37.8 Å². The number of carbonyl (C=O) groups is 2. The number of aliphatic hydroxyl groups is 1. The number of nitrogens with zero attached hydrogens (tertiary/aromatic N) is 4. The third-order valence-corrected chi connectivity index (χ3v) is 10.2. The highest BCUT2D eigenvalue weighted by atomic mass is 32.1. The molecule has 1 saturated carbocycles. The van der Waals surface area contributed by atoms with E-state index in [-0.39, 0.29) is 42.4 Å². The number of ether oxygens (including phenoxy) is 1. The minimum atomic E-state index is -0.846. The van der Waals surface area contributed by atoms with Gasteiger partial charge in [-0.2, -0.15) is 5.10 Å².